The number of nitrogens with one attached hydrogen (secondary N) is 2. The van der Waals surface area contributed by atoms with Gasteiger partial charge in [0.2, 0.25) is 0 Å². The number of rotatable bonds is 8. The number of carbonyl (C=O) groups is 2. The molecule has 4 aromatic rings. The highest BCUT2D eigenvalue weighted by atomic mass is 16.5. The van der Waals surface area contributed by atoms with E-state index in [1.54, 1.807) is 0 Å². The Labute approximate surface area is 180 Å². The Balaban J connectivity index is 1.66. The molecule has 31 heavy (non-hydrogen) atoms. The molecule has 6 nitrogen and oxygen atoms in total. The molecule has 2 aromatic heterocycles. The van der Waals surface area contributed by atoms with E-state index in [0.29, 0.717) is 12.8 Å². The van der Waals surface area contributed by atoms with Crippen LogP contribution in [0.4, 0.5) is 0 Å². The largest absolute Gasteiger partial charge is 0.468 e. The fraction of sp³-hybridized carbons (Fsp3) is 0.280. The number of methoxy groups -OCH3 is 2. The summed E-state index contributed by atoms with van der Waals surface area (Å²) in [6.45, 7) is 0. The maximum atomic E-state index is 12.1. The number of carbonyl (C=O) groups excluding carboxylic acids is 2. The van der Waals surface area contributed by atoms with Crippen molar-refractivity contribution < 1.29 is 19.1 Å². The number of fused-ring (bicyclic) bond motifs is 2. The van der Waals surface area contributed by atoms with Crippen LogP contribution in [0.2, 0.25) is 0 Å². The second-order valence-electron chi connectivity index (χ2n) is 7.66. The summed E-state index contributed by atoms with van der Waals surface area (Å²) in [4.78, 5) is 30.9. The third kappa shape index (κ3) is 4.06. The van der Waals surface area contributed by atoms with Crippen LogP contribution < -0.4 is 0 Å². The molecule has 0 amide bonds. The SMILES string of the molecule is COC(=O)C(CCCC(c1c[nH]c2ccccc12)c1c[nH]c2ccccc12)C(=O)OC. The van der Waals surface area contributed by atoms with Crippen molar-refractivity contribution in [1.82, 2.24) is 9.97 Å². The molecule has 0 radical (unpaired) electrons. The minimum absolute atomic E-state index is 0.100. The van der Waals surface area contributed by atoms with Gasteiger partial charge in [0.25, 0.3) is 0 Å². The van der Waals surface area contributed by atoms with Gasteiger partial charge >= 0.3 is 11.9 Å². The minimum Gasteiger partial charge on any atom is -0.468 e. The van der Waals surface area contributed by atoms with Crippen LogP contribution in [-0.4, -0.2) is 36.1 Å². The van der Waals surface area contributed by atoms with Gasteiger partial charge in [-0.3, -0.25) is 9.59 Å². The number of aromatic amines is 2. The maximum absolute atomic E-state index is 12.1. The van der Waals surface area contributed by atoms with Crippen molar-refractivity contribution in [2.24, 2.45) is 5.92 Å². The topological polar surface area (TPSA) is 84.2 Å². The predicted octanol–water partition coefficient (Wildman–Crippen LogP) is 4.91. The second-order valence-corrected chi connectivity index (χ2v) is 7.66. The van der Waals surface area contributed by atoms with Crippen LogP contribution in [0.5, 0.6) is 0 Å². The molecular formula is C25H26N2O4. The van der Waals surface area contributed by atoms with Crippen LogP contribution in [0.25, 0.3) is 21.8 Å². The number of aromatic nitrogens is 2. The van der Waals surface area contributed by atoms with Gasteiger partial charge in [0.15, 0.2) is 5.92 Å². The van der Waals surface area contributed by atoms with Crippen LogP contribution >= 0.6 is 0 Å². The van der Waals surface area contributed by atoms with Crippen LogP contribution in [0.1, 0.15) is 36.3 Å². The highest BCUT2D eigenvalue weighted by molar-refractivity contribution is 5.94. The molecule has 2 heterocycles. The molecule has 6 heteroatoms. The lowest BCUT2D eigenvalue weighted by atomic mass is 9.85. The molecule has 0 fully saturated rings. The Morgan fingerprint density at radius 3 is 1.74 bits per heavy atom. The second kappa shape index (κ2) is 9.08. The van der Waals surface area contributed by atoms with Crippen molar-refractivity contribution in [2.45, 2.75) is 25.2 Å². The van der Waals surface area contributed by atoms with E-state index in [2.05, 4.69) is 46.6 Å². The van der Waals surface area contributed by atoms with Crippen molar-refractivity contribution in [3.63, 3.8) is 0 Å². The lowest BCUT2D eigenvalue weighted by Gasteiger charge is -2.18. The molecule has 0 unspecified atom stereocenters. The van der Waals surface area contributed by atoms with E-state index in [0.717, 1.165) is 17.5 Å². The number of para-hydroxylation sites is 2. The summed E-state index contributed by atoms with van der Waals surface area (Å²) >= 11 is 0. The van der Waals surface area contributed by atoms with Gasteiger partial charge in [-0.2, -0.15) is 0 Å². The molecule has 0 aliphatic rings. The fourth-order valence-electron chi connectivity index (χ4n) is 4.39. The number of esters is 2. The number of ether oxygens (including phenoxy) is 2. The van der Waals surface area contributed by atoms with E-state index < -0.39 is 17.9 Å². The molecule has 2 N–H and O–H groups in total. The summed E-state index contributed by atoms with van der Waals surface area (Å²) in [6, 6.07) is 16.5. The van der Waals surface area contributed by atoms with Gasteiger partial charge in [0.05, 0.1) is 14.2 Å². The summed E-state index contributed by atoms with van der Waals surface area (Å²) in [6.07, 6.45) is 5.94. The van der Waals surface area contributed by atoms with Gasteiger partial charge in [-0.15, -0.1) is 0 Å². The molecule has 2 aromatic carbocycles. The number of hydrogen-bond donors (Lipinski definition) is 2. The van der Waals surface area contributed by atoms with Crippen molar-refractivity contribution in [3.8, 4) is 0 Å². The lowest BCUT2D eigenvalue weighted by Crippen LogP contribution is -2.26. The standard InChI is InChI=1S/C25H26N2O4/c1-30-24(28)19(25(29)31-2)11-7-10-16(20-14-26-22-12-5-3-8-17(20)22)21-15-27-23-13-6-4-9-18(21)23/h3-6,8-9,12-16,19,26-27H,7,10-11H2,1-2H3. The highest BCUT2D eigenvalue weighted by Gasteiger charge is 2.29. The van der Waals surface area contributed by atoms with Gasteiger partial charge in [-0.05, 0) is 36.1 Å². The zero-order valence-electron chi connectivity index (χ0n) is 17.7. The Morgan fingerprint density at radius 2 is 1.26 bits per heavy atom. The van der Waals surface area contributed by atoms with Gasteiger partial charge in [0.1, 0.15) is 0 Å². The molecule has 0 spiro atoms. The average molecular weight is 418 g/mol. The van der Waals surface area contributed by atoms with Crippen molar-refractivity contribution in [1.29, 1.82) is 0 Å². The third-order valence-corrected chi connectivity index (χ3v) is 5.95. The third-order valence-electron chi connectivity index (χ3n) is 5.95. The molecule has 4 rings (SSSR count). The fourth-order valence-corrected chi connectivity index (χ4v) is 4.39. The minimum atomic E-state index is -0.901. The normalized spacial score (nSPS) is 11.5. The first kappa shape index (κ1) is 20.7. The molecule has 0 aliphatic heterocycles. The van der Waals surface area contributed by atoms with Crippen LogP contribution in [0.15, 0.2) is 60.9 Å². The zero-order valence-corrected chi connectivity index (χ0v) is 17.7. The van der Waals surface area contributed by atoms with Gasteiger partial charge in [0, 0.05) is 40.1 Å². The Hall–Kier alpha value is -3.54. The predicted molar refractivity (Wildman–Crippen MR) is 120 cm³/mol. The molecule has 0 aliphatic carbocycles. The quantitative estimate of drug-likeness (QED) is 0.314. The number of H-pyrrole nitrogens is 2. The van der Waals surface area contributed by atoms with Crippen LogP contribution in [0.3, 0.4) is 0 Å². The van der Waals surface area contributed by atoms with E-state index in [9.17, 15) is 9.59 Å². The van der Waals surface area contributed by atoms with Gasteiger partial charge in [-0.1, -0.05) is 42.8 Å². The first-order valence-electron chi connectivity index (χ1n) is 10.4. The van der Waals surface area contributed by atoms with Crippen molar-refractivity contribution in [2.75, 3.05) is 14.2 Å². The Kier molecular flexibility index (Phi) is 6.07. The van der Waals surface area contributed by atoms with E-state index in [1.165, 1.54) is 36.1 Å². The van der Waals surface area contributed by atoms with E-state index in [4.69, 9.17) is 9.47 Å². The first-order chi connectivity index (χ1) is 15.1. The molecule has 160 valence electrons. The number of hydrogen-bond acceptors (Lipinski definition) is 4. The van der Waals surface area contributed by atoms with Gasteiger partial charge < -0.3 is 19.4 Å². The van der Waals surface area contributed by atoms with E-state index in [1.807, 2.05) is 24.3 Å². The summed E-state index contributed by atoms with van der Waals surface area (Å²) in [5.74, 6) is -1.91. The lowest BCUT2D eigenvalue weighted by molar-refractivity contribution is -0.159. The summed E-state index contributed by atoms with van der Waals surface area (Å²) in [7, 11) is 2.58. The molecular weight excluding hydrogens is 392 g/mol. The molecule has 0 bridgehead atoms. The summed E-state index contributed by atoms with van der Waals surface area (Å²) in [5.41, 5.74) is 4.58. The van der Waals surface area contributed by atoms with E-state index in [-0.39, 0.29) is 5.92 Å². The Morgan fingerprint density at radius 1 is 0.774 bits per heavy atom. The molecule has 0 saturated carbocycles. The molecule has 0 atom stereocenters. The monoisotopic (exact) mass is 418 g/mol. The van der Waals surface area contributed by atoms with Crippen molar-refractivity contribution >= 4 is 33.7 Å². The van der Waals surface area contributed by atoms with E-state index >= 15 is 0 Å². The number of benzene rings is 2. The van der Waals surface area contributed by atoms with Crippen LogP contribution in [0, 0.1) is 5.92 Å². The summed E-state index contributed by atoms with van der Waals surface area (Å²) in [5, 5.41) is 2.35. The maximum Gasteiger partial charge on any atom is 0.320 e. The highest BCUT2D eigenvalue weighted by Crippen LogP contribution is 2.38. The zero-order chi connectivity index (χ0) is 21.8. The first-order valence-corrected chi connectivity index (χ1v) is 10.4. The molecule has 0 saturated heterocycles. The Bertz CT molecular complexity index is 1120. The summed E-state index contributed by atoms with van der Waals surface area (Å²) < 4.78 is 9.61. The van der Waals surface area contributed by atoms with Crippen molar-refractivity contribution in [3.05, 3.63) is 72.1 Å². The van der Waals surface area contributed by atoms with Crippen LogP contribution in [-0.2, 0) is 19.1 Å². The smallest absolute Gasteiger partial charge is 0.320 e. The van der Waals surface area contributed by atoms with Gasteiger partial charge in [-0.25, -0.2) is 0 Å². The average Bonchev–Trinajstić information content (AvgIpc) is 3.43.